The zero-order valence-electron chi connectivity index (χ0n) is 11.3. The molecule has 1 aromatic rings. The largest absolute Gasteiger partial charge is 0.326 e. The molecule has 3 heteroatoms. The number of carbonyl (C=O) groups is 1. The highest BCUT2D eigenvalue weighted by molar-refractivity contribution is 14.1. The van der Waals surface area contributed by atoms with Crippen LogP contribution in [-0.4, -0.2) is 5.91 Å². The average molecular weight is 359 g/mol. The normalized spacial score (nSPS) is 10.4. The van der Waals surface area contributed by atoms with Crippen molar-refractivity contribution in [1.82, 2.24) is 0 Å². The Bertz CT molecular complexity index is 390. The van der Waals surface area contributed by atoms with Crippen molar-refractivity contribution in [3.63, 3.8) is 0 Å². The molecule has 0 aliphatic heterocycles. The molecule has 0 aliphatic carbocycles. The van der Waals surface area contributed by atoms with Gasteiger partial charge in [-0.15, -0.1) is 0 Å². The van der Waals surface area contributed by atoms with Crippen LogP contribution in [0, 0.1) is 10.5 Å². The van der Waals surface area contributed by atoms with E-state index in [4.69, 9.17) is 0 Å². The summed E-state index contributed by atoms with van der Waals surface area (Å²) in [6, 6.07) is 5.99. The van der Waals surface area contributed by atoms with Crippen LogP contribution in [0.5, 0.6) is 0 Å². The van der Waals surface area contributed by atoms with Gasteiger partial charge in [0.25, 0.3) is 0 Å². The number of hydrogen-bond acceptors (Lipinski definition) is 1. The number of amides is 1. The zero-order chi connectivity index (χ0) is 13.4. The van der Waals surface area contributed by atoms with Crippen molar-refractivity contribution in [2.45, 2.75) is 52.4 Å². The minimum atomic E-state index is 0.136. The zero-order valence-corrected chi connectivity index (χ0v) is 13.4. The van der Waals surface area contributed by atoms with Gasteiger partial charge in [-0.1, -0.05) is 38.7 Å². The van der Waals surface area contributed by atoms with Crippen molar-refractivity contribution >= 4 is 34.2 Å². The SMILES string of the molecule is CCCCCCCC(=O)Nc1cccc(I)c1C. The predicted molar refractivity (Wildman–Crippen MR) is 85.9 cm³/mol. The minimum absolute atomic E-state index is 0.136. The van der Waals surface area contributed by atoms with E-state index in [9.17, 15) is 4.79 Å². The predicted octanol–water partition coefficient (Wildman–Crippen LogP) is 4.90. The lowest BCUT2D eigenvalue weighted by Gasteiger charge is -2.09. The summed E-state index contributed by atoms with van der Waals surface area (Å²) in [5.74, 6) is 0.136. The first-order valence-electron chi connectivity index (χ1n) is 6.70. The first-order chi connectivity index (χ1) is 8.65. The van der Waals surface area contributed by atoms with Crippen LogP contribution in [0.3, 0.4) is 0 Å². The van der Waals surface area contributed by atoms with E-state index in [-0.39, 0.29) is 5.91 Å². The molecular weight excluding hydrogens is 337 g/mol. The van der Waals surface area contributed by atoms with Gasteiger partial charge >= 0.3 is 0 Å². The number of hydrogen-bond donors (Lipinski definition) is 1. The summed E-state index contributed by atoms with van der Waals surface area (Å²) in [5, 5.41) is 3.00. The van der Waals surface area contributed by atoms with Gasteiger partial charge in [0.2, 0.25) is 5.91 Å². The van der Waals surface area contributed by atoms with Gasteiger partial charge in [0.05, 0.1) is 0 Å². The summed E-state index contributed by atoms with van der Waals surface area (Å²) < 4.78 is 1.19. The van der Waals surface area contributed by atoms with Gasteiger partial charge in [-0.05, 0) is 53.6 Å². The van der Waals surface area contributed by atoms with E-state index in [1.54, 1.807) is 0 Å². The summed E-state index contributed by atoms with van der Waals surface area (Å²) in [6.45, 7) is 4.24. The van der Waals surface area contributed by atoms with Crippen molar-refractivity contribution in [2.75, 3.05) is 5.32 Å². The van der Waals surface area contributed by atoms with E-state index in [1.807, 2.05) is 19.1 Å². The van der Waals surface area contributed by atoms with Gasteiger partial charge in [-0.25, -0.2) is 0 Å². The highest BCUT2D eigenvalue weighted by atomic mass is 127. The summed E-state index contributed by atoms with van der Waals surface area (Å²) in [7, 11) is 0. The van der Waals surface area contributed by atoms with Gasteiger partial charge in [-0.3, -0.25) is 4.79 Å². The molecule has 0 atom stereocenters. The van der Waals surface area contributed by atoms with Crippen LogP contribution in [0.1, 0.15) is 51.0 Å². The molecule has 1 amide bonds. The Hall–Kier alpha value is -0.580. The number of benzene rings is 1. The second-order valence-corrected chi connectivity index (χ2v) is 5.79. The van der Waals surface area contributed by atoms with E-state index in [2.05, 4.69) is 40.9 Å². The molecule has 0 aromatic heterocycles. The first-order valence-corrected chi connectivity index (χ1v) is 7.78. The Morgan fingerprint density at radius 3 is 2.67 bits per heavy atom. The summed E-state index contributed by atoms with van der Waals surface area (Å²) in [4.78, 5) is 11.8. The van der Waals surface area contributed by atoms with Crippen molar-refractivity contribution in [1.29, 1.82) is 0 Å². The number of halogens is 1. The van der Waals surface area contributed by atoms with E-state index in [0.29, 0.717) is 6.42 Å². The molecule has 1 aromatic carbocycles. The molecular formula is C15H22INO. The lowest BCUT2D eigenvalue weighted by molar-refractivity contribution is -0.116. The average Bonchev–Trinajstić information content (AvgIpc) is 2.35. The molecule has 0 saturated heterocycles. The van der Waals surface area contributed by atoms with Crippen molar-refractivity contribution < 1.29 is 4.79 Å². The molecule has 0 aliphatic rings. The van der Waals surface area contributed by atoms with E-state index in [0.717, 1.165) is 24.1 Å². The highest BCUT2D eigenvalue weighted by Crippen LogP contribution is 2.20. The maximum atomic E-state index is 11.8. The number of carbonyl (C=O) groups excluding carboxylic acids is 1. The van der Waals surface area contributed by atoms with Crippen LogP contribution in [0.25, 0.3) is 0 Å². The third-order valence-corrected chi connectivity index (χ3v) is 4.22. The van der Waals surface area contributed by atoms with Crippen molar-refractivity contribution in [3.05, 3.63) is 27.3 Å². The molecule has 0 spiro atoms. The van der Waals surface area contributed by atoms with E-state index < -0.39 is 0 Å². The summed E-state index contributed by atoms with van der Waals surface area (Å²) in [6.07, 6.45) is 6.55. The molecule has 0 radical (unpaired) electrons. The molecule has 1 N–H and O–H groups in total. The minimum Gasteiger partial charge on any atom is -0.326 e. The molecule has 0 fully saturated rings. The molecule has 100 valence electrons. The molecule has 0 bridgehead atoms. The Morgan fingerprint density at radius 1 is 1.22 bits per heavy atom. The fraction of sp³-hybridized carbons (Fsp3) is 0.533. The van der Waals surface area contributed by atoms with E-state index >= 15 is 0 Å². The monoisotopic (exact) mass is 359 g/mol. The Morgan fingerprint density at radius 2 is 1.94 bits per heavy atom. The first kappa shape index (κ1) is 15.5. The number of nitrogens with one attached hydrogen (secondary N) is 1. The van der Waals surface area contributed by atoms with Crippen LogP contribution in [0.2, 0.25) is 0 Å². The summed E-state index contributed by atoms with van der Waals surface area (Å²) in [5.41, 5.74) is 2.10. The van der Waals surface area contributed by atoms with Gasteiger partial charge in [-0.2, -0.15) is 0 Å². The van der Waals surface area contributed by atoms with Crippen LogP contribution < -0.4 is 5.32 Å². The number of rotatable bonds is 7. The van der Waals surface area contributed by atoms with Gasteiger partial charge in [0.1, 0.15) is 0 Å². The van der Waals surface area contributed by atoms with Crippen LogP contribution in [-0.2, 0) is 4.79 Å². The second-order valence-electron chi connectivity index (χ2n) is 4.62. The molecule has 0 saturated carbocycles. The fourth-order valence-corrected chi connectivity index (χ4v) is 2.34. The summed E-state index contributed by atoms with van der Waals surface area (Å²) >= 11 is 2.29. The molecule has 18 heavy (non-hydrogen) atoms. The van der Waals surface area contributed by atoms with Crippen molar-refractivity contribution in [2.24, 2.45) is 0 Å². The topological polar surface area (TPSA) is 29.1 Å². The smallest absolute Gasteiger partial charge is 0.224 e. The molecule has 1 rings (SSSR count). The lowest BCUT2D eigenvalue weighted by Crippen LogP contribution is -2.12. The van der Waals surface area contributed by atoms with Crippen LogP contribution in [0.15, 0.2) is 18.2 Å². The maximum Gasteiger partial charge on any atom is 0.224 e. The standard InChI is InChI=1S/C15H22INO/c1-3-4-5-6-7-11-15(18)17-14-10-8-9-13(16)12(14)2/h8-10H,3-7,11H2,1-2H3,(H,17,18). The maximum absolute atomic E-state index is 11.8. The lowest BCUT2D eigenvalue weighted by atomic mass is 10.1. The Kier molecular flexibility index (Phi) is 7.32. The van der Waals surface area contributed by atoms with Crippen LogP contribution in [0.4, 0.5) is 5.69 Å². The molecule has 0 unspecified atom stereocenters. The third kappa shape index (κ3) is 5.38. The Labute approximate surface area is 124 Å². The quantitative estimate of drug-likeness (QED) is 0.545. The van der Waals surface area contributed by atoms with Gasteiger partial charge < -0.3 is 5.32 Å². The van der Waals surface area contributed by atoms with Gasteiger partial charge in [0, 0.05) is 15.7 Å². The molecule has 0 heterocycles. The van der Waals surface area contributed by atoms with Crippen molar-refractivity contribution in [3.8, 4) is 0 Å². The fourth-order valence-electron chi connectivity index (χ4n) is 1.84. The number of anilines is 1. The number of unbranched alkanes of at least 4 members (excludes halogenated alkanes) is 4. The molecule has 2 nitrogen and oxygen atoms in total. The van der Waals surface area contributed by atoms with Gasteiger partial charge in [0.15, 0.2) is 0 Å². The second kappa shape index (κ2) is 8.51. The Balaban J connectivity index is 2.34. The highest BCUT2D eigenvalue weighted by Gasteiger charge is 2.06. The van der Waals surface area contributed by atoms with Crippen LogP contribution >= 0.6 is 22.6 Å². The third-order valence-electron chi connectivity index (χ3n) is 3.05. The van der Waals surface area contributed by atoms with E-state index in [1.165, 1.54) is 22.8 Å².